The summed E-state index contributed by atoms with van der Waals surface area (Å²) >= 11 is 0. The van der Waals surface area contributed by atoms with Crippen molar-refractivity contribution in [3.8, 4) is 28.0 Å². The first-order valence-corrected chi connectivity index (χ1v) is 11.9. The van der Waals surface area contributed by atoms with E-state index >= 15 is 4.39 Å². The van der Waals surface area contributed by atoms with Gasteiger partial charge in [0.1, 0.15) is 17.2 Å². The summed E-state index contributed by atoms with van der Waals surface area (Å²) in [7, 11) is 3.22. The lowest BCUT2D eigenvalue weighted by Crippen LogP contribution is -2.33. The monoisotopic (exact) mass is 502 g/mol. The molecule has 1 aliphatic heterocycles. The molecule has 1 fully saturated rings. The van der Waals surface area contributed by atoms with Gasteiger partial charge in [-0.05, 0) is 29.8 Å². The van der Waals surface area contributed by atoms with Gasteiger partial charge in [0.15, 0.2) is 0 Å². The molecule has 9 nitrogen and oxygen atoms in total. The minimum atomic E-state index is -0.580. The van der Waals surface area contributed by atoms with Crippen LogP contribution in [0.2, 0.25) is 0 Å². The third kappa shape index (κ3) is 4.65. The van der Waals surface area contributed by atoms with E-state index in [1.165, 1.54) is 11.0 Å². The van der Waals surface area contributed by atoms with Gasteiger partial charge < -0.3 is 30.5 Å². The van der Waals surface area contributed by atoms with Crippen LogP contribution in [0, 0.1) is 5.82 Å². The third-order valence-corrected chi connectivity index (χ3v) is 6.41. The Morgan fingerprint density at radius 1 is 1.19 bits per heavy atom. The number of urea groups is 1. The van der Waals surface area contributed by atoms with Crippen LogP contribution in [0.3, 0.4) is 0 Å². The summed E-state index contributed by atoms with van der Waals surface area (Å²) in [4.78, 5) is 35.4. The normalized spacial score (nSPS) is 13.2. The van der Waals surface area contributed by atoms with Crippen LogP contribution < -0.4 is 10.6 Å². The lowest BCUT2D eigenvalue weighted by molar-refractivity contribution is 0.0828. The van der Waals surface area contributed by atoms with E-state index in [0.717, 1.165) is 10.9 Å². The highest BCUT2D eigenvalue weighted by atomic mass is 19.1. The number of hydrogen-bond donors (Lipinski definition) is 4. The number of phenols is 1. The number of phenolic OH excluding ortho intramolecular Hbond substituents is 1. The number of amides is 3. The Hall–Kier alpha value is -4.60. The maximum atomic E-state index is 15.5. The Bertz CT molecular complexity index is 1500. The van der Waals surface area contributed by atoms with Crippen molar-refractivity contribution in [1.82, 2.24) is 25.1 Å². The van der Waals surface area contributed by atoms with Gasteiger partial charge in [0.05, 0.1) is 11.3 Å². The van der Waals surface area contributed by atoms with Gasteiger partial charge in [-0.25, -0.2) is 14.2 Å². The zero-order valence-electron chi connectivity index (χ0n) is 20.5. The Balaban J connectivity index is 1.51. The number of benzene rings is 2. The predicted molar refractivity (Wildman–Crippen MR) is 140 cm³/mol. The summed E-state index contributed by atoms with van der Waals surface area (Å²) in [5.74, 6) is -0.794. The number of para-hydroxylation sites is 1. The molecule has 0 atom stereocenters. The number of pyridine rings is 1. The van der Waals surface area contributed by atoms with Crippen molar-refractivity contribution in [2.24, 2.45) is 0 Å². The molecule has 2 aromatic heterocycles. The molecule has 4 aromatic rings. The SMILES string of the molecule is CN(C)C(=O)c1cc(-c2cnc3[nH]cc(-c4ccccc4O)c3c2)cc(F)c1NCCN1CCNC1=O. The molecule has 2 aromatic carbocycles. The van der Waals surface area contributed by atoms with Crippen molar-refractivity contribution in [3.05, 3.63) is 66.2 Å². The number of rotatable bonds is 7. The quantitative estimate of drug-likeness (QED) is 0.306. The fraction of sp³-hybridized carbons (Fsp3) is 0.222. The van der Waals surface area contributed by atoms with Crippen LogP contribution in [0.5, 0.6) is 5.75 Å². The average Bonchev–Trinajstić information content (AvgIpc) is 3.50. The van der Waals surface area contributed by atoms with Crippen LogP contribution in [0.25, 0.3) is 33.3 Å². The molecule has 4 N–H and O–H groups in total. The molecule has 5 rings (SSSR count). The molecular weight excluding hydrogens is 475 g/mol. The van der Waals surface area contributed by atoms with Crippen molar-refractivity contribution < 1.29 is 19.1 Å². The van der Waals surface area contributed by atoms with Crippen LogP contribution >= 0.6 is 0 Å². The van der Waals surface area contributed by atoms with Gasteiger partial charge in [0, 0.05) is 74.7 Å². The first-order chi connectivity index (χ1) is 17.8. The van der Waals surface area contributed by atoms with E-state index in [1.54, 1.807) is 49.6 Å². The number of carbonyl (C=O) groups is 2. The standard InChI is InChI=1S/C27H27FN6O3/c1-33(2)26(36)20-11-16(13-22(28)24(20)29-7-9-34-10-8-30-27(34)37)17-12-19-21(15-32-25(19)31-14-17)18-5-3-4-6-23(18)35/h3-6,11-15,29,35H,7-10H2,1-2H3,(H,30,37)(H,31,32). The highest BCUT2D eigenvalue weighted by Crippen LogP contribution is 2.36. The van der Waals surface area contributed by atoms with Gasteiger partial charge in [-0.15, -0.1) is 0 Å². The first kappa shape index (κ1) is 24.1. The van der Waals surface area contributed by atoms with E-state index in [4.69, 9.17) is 0 Å². The lowest BCUT2D eigenvalue weighted by Gasteiger charge is -2.19. The van der Waals surface area contributed by atoms with Gasteiger partial charge >= 0.3 is 6.03 Å². The average molecular weight is 503 g/mol. The summed E-state index contributed by atoms with van der Waals surface area (Å²) in [6.45, 7) is 1.84. The summed E-state index contributed by atoms with van der Waals surface area (Å²) in [6.07, 6.45) is 3.39. The van der Waals surface area contributed by atoms with Gasteiger partial charge in [-0.3, -0.25) is 4.79 Å². The number of anilines is 1. The molecule has 0 bridgehead atoms. The largest absolute Gasteiger partial charge is 0.507 e. The van der Waals surface area contributed by atoms with Crippen LogP contribution in [-0.4, -0.2) is 77.1 Å². The number of aromatic nitrogens is 2. The van der Waals surface area contributed by atoms with E-state index in [1.807, 2.05) is 18.2 Å². The second-order valence-electron chi connectivity index (χ2n) is 9.07. The molecule has 0 unspecified atom stereocenters. The number of fused-ring (bicyclic) bond motifs is 1. The Kier molecular flexibility index (Phi) is 6.39. The fourth-order valence-electron chi connectivity index (χ4n) is 4.49. The predicted octanol–water partition coefficient (Wildman–Crippen LogP) is 3.88. The zero-order chi connectivity index (χ0) is 26.1. The Labute approximate surface area is 212 Å². The van der Waals surface area contributed by atoms with Crippen molar-refractivity contribution in [1.29, 1.82) is 0 Å². The maximum absolute atomic E-state index is 15.5. The Morgan fingerprint density at radius 2 is 2.00 bits per heavy atom. The molecule has 3 heterocycles. The number of nitrogens with one attached hydrogen (secondary N) is 3. The van der Waals surface area contributed by atoms with E-state index in [-0.39, 0.29) is 35.5 Å². The van der Waals surface area contributed by atoms with E-state index in [9.17, 15) is 14.7 Å². The fourth-order valence-corrected chi connectivity index (χ4v) is 4.49. The van der Waals surface area contributed by atoms with Crippen LogP contribution in [0.1, 0.15) is 10.4 Å². The second-order valence-corrected chi connectivity index (χ2v) is 9.07. The smallest absolute Gasteiger partial charge is 0.317 e. The Morgan fingerprint density at radius 3 is 2.73 bits per heavy atom. The zero-order valence-corrected chi connectivity index (χ0v) is 20.5. The number of aromatic hydroxyl groups is 1. The maximum Gasteiger partial charge on any atom is 0.317 e. The van der Waals surface area contributed by atoms with Gasteiger partial charge in [-0.1, -0.05) is 18.2 Å². The molecule has 0 saturated carbocycles. The molecule has 190 valence electrons. The van der Waals surface area contributed by atoms with Gasteiger partial charge in [0.25, 0.3) is 5.91 Å². The first-order valence-electron chi connectivity index (χ1n) is 11.9. The lowest BCUT2D eigenvalue weighted by atomic mass is 9.99. The molecule has 37 heavy (non-hydrogen) atoms. The van der Waals surface area contributed by atoms with Crippen LogP contribution in [0.4, 0.5) is 14.9 Å². The van der Waals surface area contributed by atoms with Crippen molar-refractivity contribution in [3.63, 3.8) is 0 Å². The van der Waals surface area contributed by atoms with Crippen molar-refractivity contribution >= 4 is 28.7 Å². The molecule has 10 heteroatoms. The minimum absolute atomic E-state index is 0.0904. The van der Waals surface area contributed by atoms with Crippen LogP contribution in [0.15, 0.2) is 54.9 Å². The summed E-state index contributed by atoms with van der Waals surface area (Å²) in [5, 5.41) is 16.8. The van der Waals surface area contributed by atoms with Gasteiger partial charge in [0.2, 0.25) is 0 Å². The number of hydrogen-bond acceptors (Lipinski definition) is 5. The number of halogens is 1. The molecule has 0 radical (unpaired) electrons. The molecule has 0 spiro atoms. The second kappa shape index (κ2) is 9.81. The highest BCUT2D eigenvalue weighted by molar-refractivity contribution is 6.02. The minimum Gasteiger partial charge on any atom is -0.507 e. The third-order valence-electron chi connectivity index (χ3n) is 6.41. The summed E-state index contributed by atoms with van der Waals surface area (Å²) < 4.78 is 15.5. The molecular formula is C27H27FN6O3. The van der Waals surface area contributed by atoms with Crippen LogP contribution in [-0.2, 0) is 0 Å². The van der Waals surface area contributed by atoms with E-state index in [0.29, 0.717) is 42.0 Å². The van der Waals surface area contributed by atoms with Crippen molar-refractivity contribution in [2.45, 2.75) is 0 Å². The molecule has 3 amide bonds. The molecule has 1 aliphatic rings. The molecule has 0 aliphatic carbocycles. The number of aromatic amines is 1. The number of carbonyl (C=O) groups excluding carboxylic acids is 2. The van der Waals surface area contributed by atoms with E-state index in [2.05, 4.69) is 20.6 Å². The highest BCUT2D eigenvalue weighted by Gasteiger charge is 2.22. The van der Waals surface area contributed by atoms with Gasteiger partial charge in [-0.2, -0.15) is 0 Å². The summed E-state index contributed by atoms with van der Waals surface area (Å²) in [6, 6.07) is 11.7. The van der Waals surface area contributed by atoms with E-state index < -0.39 is 5.82 Å². The number of nitrogens with zero attached hydrogens (tertiary/aromatic N) is 3. The van der Waals surface area contributed by atoms with Crippen molar-refractivity contribution in [2.75, 3.05) is 45.6 Å². The number of H-pyrrole nitrogens is 1. The molecule has 1 saturated heterocycles. The topological polar surface area (TPSA) is 114 Å². The summed E-state index contributed by atoms with van der Waals surface area (Å²) in [5.41, 5.74) is 3.41.